The van der Waals surface area contributed by atoms with Gasteiger partial charge in [-0.2, -0.15) is 39.5 Å². The van der Waals surface area contributed by atoms with E-state index < -0.39 is 30.7 Å². The molecule has 0 aliphatic heterocycles. The fraction of sp³-hybridized carbons (Fsp3) is 0.333. The van der Waals surface area contributed by atoms with Gasteiger partial charge < -0.3 is 0 Å². The minimum Gasteiger partial charge on any atom is -0.175 e. The van der Waals surface area contributed by atoms with Crippen LogP contribution in [0.5, 0.6) is 0 Å². The van der Waals surface area contributed by atoms with Gasteiger partial charge in [-0.25, -0.2) is 0 Å². The van der Waals surface area contributed by atoms with Crippen LogP contribution in [0.4, 0.5) is 39.5 Å². The predicted octanol–water partition coefficient (Wildman–Crippen LogP) is 3.65. The topological polar surface area (TPSA) is 0 Å². The third-order valence-electron chi connectivity index (χ3n) is 2.48. The molecule has 0 saturated carbocycles. The van der Waals surface area contributed by atoms with Gasteiger partial charge in [-0.3, -0.25) is 0 Å². The Kier molecular flexibility index (Phi) is 3.69. The van der Waals surface area contributed by atoms with Crippen molar-refractivity contribution in [2.75, 3.05) is 0 Å². The molecule has 1 aromatic rings. The monoisotopic (exact) mass is 312 g/mol. The minimum absolute atomic E-state index is 0.209. The molecular weight excluding hydrogens is 307 g/mol. The van der Waals surface area contributed by atoms with Gasteiger partial charge in [0.15, 0.2) is 0 Å². The standard InChI is InChI=1S/C9H5F9Si/c10-7(11,12)19(8(13,14)15,9(16,17)18)6-4-2-1-3-5-6/h1-5H. The molecular formula is C9H5F9Si. The highest BCUT2D eigenvalue weighted by Gasteiger charge is 2.88. The summed E-state index contributed by atoms with van der Waals surface area (Å²) in [5.41, 5.74) is 0. The highest BCUT2D eigenvalue weighted by atomic mass is 28.3. The minimum atomic E-state index is -7.78. The Morgan fingerprint density at radius 2 is 0.895 bits per heavy atom. The molecule has 0 aliphatic carbocycles. The smallest absolute Gasteiger partial charge is 0.175 e. The Morgan fingerprint density at radius 3 is 1.16 bits per heavy atom. The SMILES string of the molecule is FC(F)(F)[Si](c1ccccc1)(C(F)(F)F)C(F)(F)F. The second kappa shape index (κ2) is 4.42. The highest BCUT2D eigenvalue weighted by Crippen LogP contribution is 2.49. The van der Waals surface area contributed by atoms with E-state index in [0.717, 1.165) is 6.07 Å². The summed E-state index contributed by atoms with van der Waals surface area (Å²) in [6.45, 7) is 0. The zero-order valence-corrected chi connectivity index (χ0v) is 9.79. The van der Waals surface area contributed by atoms with Crippen molar-refractivity contribution in [2.45, 2.75) is 17.4 Å². The zero-order valence-electron chi connectivity index (χ0n) is 8.79. The maximum absolute atomic E-state index is 12.7. The molecule has 0 unspecified atom stereocenters. The summed E-state index contributed by atoms with van der Waals surface area (Å²) in [6.07, 6.45) is 0. The van der Waals surface area contributed by atoms with E-state index in [4.69, 9.17) is 0 Å². The fourth-order valence-corrected chi connectivity index (χ4v) is 4.30. The van der Waals surface area contributed by atoms with E-state index in [1.807, 2.05) is 0 Å². The molecule has 0 radical (unpaired) electrons. The molecule has 1 rings (SSSR count). The van der Waals surface area contributed by atoms with Crippen LogP contribution in [0.3, 0.4) is 0 Å². The number of hydrogen-bond acceptors (Lipinski definition) is 0. The summed E-state index contributed by atoms with van der Waals surface area (Å²) in [5, 5.41) is -1.78. The maximum Gasteiger partial charge on any atom is 0.452 e. The van der Waals surface area contributed by atoms with Gasteiger partial charge in [-0.05, 0) is 5.19 Å². The third kappa shape index (κ3) is 2.33. The molecule has 0 bridgehead atoms. The quantitative estimate of drug-likeness (QED) is 0.548. The number of benzene rings is 1. The summed E-state index contributed by atoms with van der Waals surface area (Å²) >= 11 is 0. The van der Waals surface area contributed by atoms with Gasteiger partial charge in [0.05, 0.1) is 0 Å². The van der Waals surface area contributed by atoms with Crippen LogP contribution in [-0.2, 0) is 0 Å². The molecule has 0 amide bonds. The van der Waals surface area contributed by atoms with E-state index >= 15 is 0 Å². The summed E-state index contributed by atoms with van der Waals surface area (Å²) in [4.78, 5) is 0. The molecule has 0 spiro atoms. The first kappa shape index (κ1) is 15.9. The average molecular weight is 312 g/mol. The lowest BCUT2D eigenvalue weighted by molar-refractivity contribution is -0.159. The van der Waals surface area contributed by atoms with Gasteiger partial charge in [0.1, 0.15) is 0 Å². The number of rotatable bonds is 1. The third-order valence-corrected chi connectivity index (χ3v) is 6.23. The van der Waals surface area contributed by atoms with E-state index in [1.54, 1.807) is 0 Å². The van der Waals surface area contributed by atoms with Gasteiger partial charge >= 0.3 is 25.5 Å². The van der Waals surface area contributed by atoms with Gasteiger partial charge in [0.25, 0.3) is 0 Å². The first-order valence-electron chi connectivity index (χ1n) is 4.61. The van der Waals surface area contributed by atoms with Crippen LogP contribution in [0.1, 0.15) is 0 Å². The van der Waals surface area contributed by atoms with Gasteiger partial charge in [0.2, 0.25) is 0 Å². The van der Waals surface area contributed by atoms with Gasteiger partial charge in [0, 0.05) is 0 Å². The molecule has 108 valence electrons. The van der Waals surface area contributed by atoms with E-state index in [9.17, 15) is 39.5 Å². The van der Waals surface area contributed by atoms with E-state index in [1.165, 1.54) is 0 Å². The lowest BCUT2D eigenvalue weighted by Crippen LogP contribution is -2.78. The summed E-state index contributed by atoms with van der Waals surface area (Å²) in [7, 11) is -7.78. The van der Waals surface area contributed by atoms with E-state index in [2.05, 4.69) is 0 Å². The zero-order chi connectivity index (χ0) is 15.1. The van der Waals surface area contributed by atoms with E-state index in [0.29, 0.717) is 12.1 Å². The molecule has 10 heteroatoms. The molecule has 0 aliphatic rings. The van der Waals surface area contributed by atoms with Crippen molar-refractivity contribution in [1.82, 2.24) is 0 Å². The normalized spacial score (nSPS) is 14.6. The Balaban J connectivity index is 3.76. The van der Waals surface area contributed by atoms with Crippen molar-refractivity contribution in [3.63, 3.8) is 0 Å². The van der Waals surface area contributed by atoms with E-state index in [-0.39, 0.29) is 12.1 Å². The van der Waals surface area contributed by atoms with Crippen LogP contribution in [0, 0.1) is 0 Å². The van der Waals surface area contributed by atoms with Crippen LogP contribution in [0.25, 0.3) is 0 Å². The van der Waals surface area contributed by atoms with Gasteiger partial charge in [-0.1, -0.05) is 30.3 Å². The molecule has 0 atom stereocenters. The first-order valence-corrected chi connectivity index (χ1v) is 6.61. The molecule has 0 saturated heterocycles. The average Bonchev–Trinajstić information content (AvgIpc) is 2.12. The van der Waals surface area contributed by atoms with Crippen LogP contribution >= 0.6 is 0 Å². The number of alkyl halides is 9. The largest absolute Gasteiger partial charge is 0.452 e. The van der Waals surface area contributed by atoms with Crippen molar-refractivity contribution in [1.29, 1.82) is 0 Å². The van der Waals surface area contributed by atoms with Crippen LogP contribution in [-0.4, -0.2) is 25.5 Å². The van der Waals surface area contributed by atoms with Crippen molar-refractivity contribution in [3.05, 3.63) is 30.3 Å². The number of halogens is 9. The molecule has 0 aromatic heterocycles. The Hall–Kier alpha value is -1.19. The Labute approximate surface area is 101 Å². The van der Waals surface area contributed by atoms with Crippen molar-refractivity contribution >= 4 is 13.3 Å². The predicted molar refractivity (Wildman–Crippen MR) is 50.0 cm³/mol. The molecule has 0 nitrogen and oxygen atoms in total. The maximum atomic E-state index is 12.7. The first-order chi connectivity index (χ1) is 8.36. The summed E-state index contributed by atoms with van der Waals surface area (Å²) < 4.78 is 114. The Bertz CT molecular complexity index is 392. The number of hydrogen-bond donors (Lipinski definition) is 0. The molecule has 0 N–H and O–H groups in total. The second-order valence-corrected chi connectivity index (χ2v) is 7.39. The summed E-state index contributed by atoms with van der Waals surface area (Å²) in [6, 6.07) is 2.87. The van der Waals surface area contributed by atoms with Crippen molar-refractivity contribution < 1.29 is 39.5 Å². The lowest BCUT2D eigenvalue weighted by atomic mass is 10.4. The highest BCUT2D eigenvalue weighted by molar-refractivity contribution is 6.96. The lowest BCUT2D eigenvalue weighted by Gasteiger charge is -2.35. The van der Waals surface area contributed by atoms with Crippen molar-refractivity contribution in [2.24, 2.45) is 0 Å². The van der Waals surface area contributed by atoms with Crippen LogP contribution in [0.2, 0.25) is 0 Å². The Morgan fingerprint density at radius 1 is 0.579 bits per heavy atom. The molecule has 0 heterocycles. The molecule has 0 fully saturated rings. The van der Waals surface area contributed by atoms with Crippen molar-refractivity contribution in [3.8, 4) is 0 Å². The fourth-order valence-electron chi connectivity index (χ4n) is 1.66. The summed E-state index contributed by atoms with van der Waals surface area (Å²) in [5.74, 6) is -19.3. The van der Waals surface area contributed by atoms with Crippen LogP contribution < -0.4 is 5.19 Å². The van der Waals surface area contributed by atoms with Gasteiger partial charge in [-0.15, -0.1) is 0 Å². The second-order valence-electron chi connectivity index (χ2n) is 3.61. The molecule has 1 aromatic carbocycles. The molecule has 19 heavy (non-hydrogen) atoms. The van der Waals surface area contributed by atoms with Crippen LogP contribution in [0.15, 0.2) is 30.3 Å².